The maximum atomic E-state index is 12.3. The third-order valence-corrected chi connectivity index (χ3v) is 2.84. The highest BCUT2D eigenvalue weighted by atomic mass is 16.6. The maximum absolute atomic E-state index is 12.3. The monoisotopic (exact) mass is 324 g/mol. The van der Waals surface area contributed by atoms with E-state index in [2.05, 4.69) is 5.32 Å². The molecule has 0 radical (unpaired) electrons. The van der Waals surface area contributed by atoms with Crippen molar-refractivity contribution in [1.29, 1.82) is 0 Å². The molecule has 3 N–H and O–H groups in total. The molecule has 0 saturated heterocycles. The molecule has 0 aromatic heterocycles. The summed E-state index contributed by atoms with van der Waals surface area (Å²) in [5.41, 5.74) is 5.48. The number of benzene rings is 1. The quantitative estimate of drug-likeness (QED) is 0.808. The minimum absolute atomic E-state index is 0.225. The van der Waals surface area contributed by atoms with Gasteiger partial charge in [0.05, 0.1) is 25.9 Å². The first-order chi connectivity index (χ1) is 10.6. The molecule has 0 heterocycles. The van der Waals surface area contributed by atoms with Crippen molar-refractivity contribution in [2.45, 2.75) is 39.3 Å². The number of ketones is 1. The molecular weight excluding hydrogens is 300 g/mol. The molecule has 0 aliphatic rings. The number of carbonyl (C=O) groups is 2. The van der Waals surface area contributed by atoms with Crippen molar-refractivity contribution in [3.05, 3.63) is 17.7 Å². The largest absolute Gasteiger partial charge is 0.493 e. The van der Waals surface area contributed by atoms with Gasteiger partial charge < -0.3 is 19.9 Å². The zero-order valence-electron chi connectivity index (χ0n) is 14.4. The number of methoxy groups -OCH3 is 2. The third-order valence-electron chi connectivity index (χ3n) is 2.84. The summed E-state index contributed by atoms with van der Waals surface area (Å²) in [4.78, 5) is 24.3. The molecule has 1 aromatic rings. The Labute approximate surface area is 136 Å². The van der Waals surface area contributed by atoms with Crippen LogP contribution in [-0.2, 0) is 4.74 Å². The topological polar surface area (TPSA) is 99.9 Å². The number of anilines is 1. The Morgan fingerprint density at radius 3 is 2.09 bits per heavy atom. The van der Waals surface area contributed by atoms with Gasteiger partial charge in [0.2, 0.25) is 0 Å². The van der Waals surface area contributed by atoms with Crippen LogP contribution in [0.1, 0.15) is 38.1 Å². The fourth-order valence-corrected chi connectivity index (χ4v) is 1.85. The van der Waals surface area contributed by atoms with Crippen molar-refractivity contribution in [3.8, 4) is 11.5 Å². The second-order valence-electron chi connectivity index (χ2n) is 6.03. The van der Waals surface area contributed by atoms with Gasteiger partial charge in [-0.05, 0) is 33.8 Å². The van der Waals surface area contributed by atoms with Crippen LogP contribution in [0.4, 0.5) is 10.5 Å². The molecule has 7 nitrogen and oxygen atoms in total. The Morgan fingerprint density at radius 2 is 1.65 bits per heavy atom. The van der Waals surface area contributed by atoms with Gasteiger partial charge in [0.1, 0.15) is 5.60 Å². The predicted molar refractivity (Wildman–Crippen MR) is 87.4 cm³/mol. The second kappa shape index (κ2) is 7.32. The number of amides is 1. The average Bonchev–Trinajstić information content (AvgIpc) is 2.43. The van der Waals surface area contributed by atoms with Crippen LogP contribution in [0.2, 0.25) is 0 Å². The smallest absolute Gasteiger partial charge is 0.412 e. The van der Waals surface area contributed by atoms with Crippen LogP contribution in [0.5, 0.6) is 11.5 Å². The summed E-state index contributed by atoms with van der Waals surface area (Å²) in [5.74, 6) is 0.406. The molecule has 1 unspecified atom stereocenters. The fraction of sp³-hybridized carbons (Fsp3) is 0.500. The highest BCUT2D eigenvalue weighted by molar-refractivity contribution is 6.07. The first-order valence-corrected chi connectivity index (χ1v) is 7.15. The van der Waals surface area contributed by atoms with Crippen molar-refractivity contribution in [2.24, 2.45) is 5.73 Å². The first kappa shape index (κ1) is 18.8. The summed E-state index contributed by atoms with van der Waals surface area (Å²) in [5, 5.41) is 2.56. The Kier molecular flexibility index (Phi) is 5.98. The van der Waals surface area contributed by atoms with Gasteiger partial charge in [0.25, 0.3) is 0 Å². The van der Waals surface area contributed by atoms with Crippen LogP contribution in [0.3, 0.4) is 0 Å². The third kappa shape index (κ3) is 5.14. The number of ether oxygens (including phenoxy) is 3. The Morgan fingerprint density at radius 1 is 1.13 bits per heavy atom. The predicted octanol–water partition coefficient (Wildman–Crippen LogP) is 2.58. The summed E-state index contributed by atoms with van der Waals surface area (Å²) in [6.45, 7) is 6.80. The van der Waals surface area contributed by atoms with E-state index < -0.39 is 17.7 Å². The lowest BCUT2D eigenvalue weighted by atomic mass is 10.0. The second-order valence-corrected chi connectivity index (χ2v) is 6.03. The summed E-state index contributed by atoms with van der Waals surface area (Å²) >= 11 is 0. The summed E-state index contributed by atoms with van der Waals surface area (Å²) in [6.07, 6.45) is -0.677. The number of nitrogens with one attached hydrogen (secondary N) is 1. The molecule has 1 aromatic carbocycles. The van der Waals surface area contributed by atoms with Gasteiger partial charge in [0, 0.05) is 11.6 Å². The van der Waals surface area contributed by atoms with Crippen LogP contribution >= 0.6 is 0 Å². The van der Waals surface area contributed by atoms with Gasteiger partial charge in [-0.1, -0.05) is 0 Å². The molecule has 23 heavy (non-hydrogen) atoms. The lowest BCUT2D eigenvalue weighted by Gasteiger charge is -2.21. The van der Waals surface area contributed by atoms with E-state index in [9.17, 15) is 9.59 Å². The van der Waals surface area contributed by atoms with Crippen molar-refractivity contribution in [3.63, 3.8) is 0 Å². The number of hydrogen-bond acceptors (Lipinski definition) is 6. The molecule has 0 saturated carbocycles. The number of hydrogen-bond donors (Lipinski definition) is 2. The summed E-state index contributed by atoms with van der Waals surface area (Å²) in [7, 11) is 2.92. The van der Waals surface area contributed by atoms with Crippen LogP contribution < -0.4 is 20.5 Å². The Bertz CT molecular complexity index is 591. The summed E-state index contributed by atoms with van der Waals surface area (Å²) in [6, 6.07) is 2.25. The number of carbonyl (C=O) groups excluding carboxylic acids is 2. The molecule has 0 fully saturated rings. The summed E-state index contributed by atoms with van der Waals surface area (Å²) < 4.78 is 15.6. The molecule has 7 heteroatoms. The molecule has 128 valence electrons. The molecule has 0 aliphatic carbocycles. The first-order valence-electron chi connectivity index (χ1n) is 7.15. The highest BCUT2D eigenvalue weighted by Crippen LogP contribution is 2.34. The Hall–Kier alpha value is -2.28. The molecule has 0 aliphatic heterocycles. The number of nitrogens with two attached hydrogens (primary N) is 1. The minimum Gasteiger partial charge on any atom is -0.493 e. The van der Waals surface area contributed by atoms with Crippen LogP contribution in [-0.4, -0.2) is 37.7 Å². The van der Waals surface area contributed by atoms with Gasteiger partial charge in [-0.25, -0.2) is 4.79 Å². The SMILES string of the molecule is COc1cc(NC(=O)OC(C)(C)C)c(C(=O)C(C)N)cc1OC. The van der Waals surface area contributed by atoms with Crippen molar-refractivity contribution < 1.29 is 23.8 Å². The number of Topliss-reactive ketones (excluding diaryl/α,β-unsaturated/α-hetero) is 1. The fourth-order valence-electron chi connectivity index (χ4n) is 1.85. The minimum atomic E-state index is -0.729. The zero-order valence-corrected chi connectivity index (χ0v) is 14.4. The number of rotatable bonds is 5. The standard InChI is InChI=1S/C16H24N2O5/c1-9(17)14(19)10-7-12(21-5)13(22-6)8-11(10)18-15(20)23-16(2,3)4/h7-9H,17H2,1-6H3,(H,18,20). The maximum Gasteiger partial charge on any atom is 0.412 e. The van der Waals surface area contributed by atoms with Gasteiger partial charge in [-0.15, -0.1) is 0 Å². The van der Waals surface area contributed by atoms with E-state index in [1.807, 2.05) is 0 Å². The average molecular weight is 324 g/mol. The van der Waals surface area contributed by atoms with Crippen molar-refractivity contribution in [2.75, 3.05) is 19.5 Å². The van der Waals surface area contributed by atoms with Crippen LogP contribution in [0.25, 0.3) is 0 Å². The van der Waals surface area contributed by atoms with E-state index in [1.54, 1.807) is 27.7 Å². The van der Waals surface area contributed by atoms with Gasteiger partial charge in [-0.3, -0.25) is 10.1 Å². The van der Waals surface area contributed by atoms with Crippen LogP contribution in [0, 0.1) is 0 Å². The molecule has 1 amide bonds. The zero-order chi connectivity index (χ0) is 17.8. The normalized spacial score (nSPS) is 12.3. The van der Waals surface area contributed by atoms with Crippen LogP contribution in [0.15, 0.2) is 12.1 Å². The van der Waals surface area contributed by atoms with E-state index in [1.165, 1.54) is 26.4 Å². The van der Waals surface area contributed by atoms with Gasteiger partial charge in [-0.2, -0.15) is 0 Å². The molecule has 0 bridgehead atoms. The van der Waals surface area contributed by atoms with Gasteiger partial charge >= 0.3 is 6.09 Å². The van der Waals surface area contributed by atoms with E-state index in [0.29, 0.717) is 11.5 Å². The van der Waals surface area contributed by atoms with Gasteiger partial charge in [0.15, 0.2) is 17.3 Å². The van der Waals surface area contributed by atoms with E-state index in [4.69, 9.17) is 19.9 Å². The van der Waals surface area contributed by atoms with E-state index >= 15 is 0 Å². The lowest BCUT2D eigenvalue weighted by molar-refractivity contribution is 0.0636. The highest BCUT2D eigenvalue weighted by Gasteiger charge is 2.23. The molecular formula is C16H24N2O5. The lowest BCUT2D eigenvalue weighted by Crippen LogP contribution is -2.30. The molecule has 0 spiro atoms. The van der Waals surface area contributed by atoms with E-state index in [0.717, 1.165) is 0 Å². The van der Waals surface area contributed by atoms with Crippen molar-refractivity contribution in [1.82, 2.24) is 0 Å². The Balaban J connectivity index is 3.26. The molecule has 1 rings (SSSR count). The molecule has 1 atom stereocenters. The van der Waals surface area contributed by atoms with E-state index in [-0.39, 0.29) is 17.0 Å². The van der Waals surface area contributed by atoms with Crippen molar-refractivity contribution >= 4 is 17.6 Å².